The molecule has 1 unspecified atom stereocenters. The third kappa shape index (κ3) is 3.67. The van der Waals surface area contributed by atoms with Gasteiger partial charge < -0.3 is 9.73 Å². The molecule has 0 saturated heterocycles. The van der Waals surface area contributed by atoms with Gasteiger partial charge in [-0.25, -0.2) is 4.68 Å². The average molecular weight is 262 g/mol. The van der Waals surface area contributed by atoms with E-state index < -0.39 is 0 Å². The minimum atomic E-state index is 0.275. The van der Waals surface area contributed by atoms with Gasteiger partial charge in [0.2, 0.25) is 0 Å². The van der Waals surface area contributed by atoms with E-state index in [2.05, 4.69) is 29.5 Å². The Morgan fingerprint density at radius 3 is 3.00 bits per heavy atom. The monoisotopic (exact) mass is 262 g/mol. The maximum absolute atomic E-state index is 5.39. The molecular formula is C14H22N4O. The zero-order valence-electron chi connectivity index (χ0n) is 11.7. The third-order valence-corrected chi connectivity index (χ3v) is 3.15. The molecule has 5 nitrogen and oxygen atoms in total. The summed E-state index contributed by atoms with van der Waals surface area (Å²) in [4.78, 5) is 0. The molecule has 2 aromatic rings. The Bertz CT molecular complexity index is 464. The van der Waals surface area contributed by atoms with Crippen LogP contribution >= 0.6 is 0 Å². The first-order chi connectivity index (χ1) is 9.35. The highest BCUT2D eigenvalue weighted by Crippen LogP contribution is 2.19. The normalized spacial score (nSPS) is 12.7. The summed E-state index contributed by atoms with van der Waals surface area (Å²) in [7, 11) is 0. The second-order valence-electron chi connectivity index (χ2n) is 4.61. The van der Waals surface area contributed by atoms with E-state index >= 15 is 0 Å². The van der Waals surface area contributed by atoms with Crippen molar-refractivity contribution in [3.8, 4) is 0 Å². The molecule has 0 aromatic carbocycles. The van der Waals surface area contributed by atoms with Crippen LogP contribution in [0.5, 0.6) is 0 Å². The lowest BCUT2D eigenvalue weighted by Gasteiger charge is -2.18. The molecule has 0 saturated carbocycles. The van der Waals surface area contributed by atoms with Crippen LogP contribution in [0.3, 0.4) is 0 Å². The number of aromatic nitrogens is 3. The van der Waals surface area contributed by atoms with Gasteiger partial charge in [-0.2, -0.15) is 0 Å². The van der Waals surface area contributed by atoms with E-state index in [0.717, 1.165) is 43.8 Å². The SMILES string of the molecule is CCCn1nncc1C(CCc1ccco1)NCC. The van der Waals surface area contributed by atoms with Crippen molar-refractivity contribution >= 4 is 0 Å². The van der Waals surface area contributed by atoms with Crippen LogP contribution in [0.25, 0.3) is 0 Å². The average Bonchev–Trinajstić information content (AvgIpc) is 3.06. The Morgan fingerprint density at radius 2 is 2.32 bits per heavy atom. The molecule has 2 aromatic heterocycles. The second kappa shape index (κ2) is 7.09. The number of furan rings is 1. The van der Waals surface area contributed by atoms with E-state index in [-0.39, 0.29) is 6.04 Å². The van der Waals surface area contributed by atoms with Crippen LogP contribution in [-0.4, -0.2) is 21.5 Å². The molecule has 104 valence electrons. The summed E-state index contributed by atoms with van der Waals surface area (Å²) in [5.74, 6) is 1.03. The summed E-state index contributed by atoms with van der Waals surface area (Å²) in [6.45, 7) is 6.11. The molecule has 19 heavy (non-hydrogen) atoms. The first kappa shape index (κ1) is 13.8. The molecule has 1 N–H and O–H groups in total. The molecule has 0 aliphatic carbocycles. The van der Waals surface area contributed by atoms with Gasteiger partial charge in [-0.3, -0.25) is 0 Å². The molecule has 0 aliphatic heterocycles. The zero-order valence-corrected chi connectivity index (χ0v) is 11.7. The fraction of sp³-hybridized carbons (Fsp3) is 0.571. The van der Waals surface area contributed by atoms with E-state index in [1.807, 2.05) is 23.0 Å². The molecule has 0 radical (unpaired) electrons. The summed E-state index contributed by atoms with van der Waals surface area (Å²) in [6, 6.07) is 4.22. The van der Waals surface area contributed by atoms with Gasteiger partial charge in [-0.15, -0.1) is 5.10 Å². The standard InChI is InChI=1S/C14H22N4O/c1-3-9-18-14(11-16-17-18)13(15-4-2)8-7-12-6-5-10-19-12/h5-6,10-11,13,15H,3-4,7-9H2,1-2H3. The fourth-order valence-corrected chi connectivity index (χ4v) is 2.26. The number of hydrogen-bond donors (Lipinski definition) is 1. The van der Waals surface area contributed by atoms with Crippen molar-refractivity contribution in [2.75, 3.05) is 6.54 Å². The molecule has 0 spiro atoms. The van der Waals surface area contributed by atoms with Gasteiger partial charge in [0.25, 0.3) is 0 Å². The van der Waals surface area contributed by atoms with Crippen LogP contribution in [0.15, 0.2) is 29.0 Å². The number of hydrogen-bond acceptors (Lipinski definition) is 4. The van der Waals surface area contributed by atoms with Gasteiger partial charge in [-0.05, 0) is 31.5 Å². The Labute approximate surface area is 114 Å². The minimum Gasteiger partial charge on any atom is -0.469 e. The van der Waals surface area contributed by atoms with E-state index in [0.29, 0.717) is 0 Å². The van der Waals surface area contributed by atoms with Crippen LogP contribution < -0.4 is 5.32 Å². The molecule has 2 heterocycles. The second-order valence-corrected chi connectivity index (χ2v) is 4.61. The van der Waals surface area contributed by atoms with Gasteiger partial charge in [0, 0.05) is 13.0 Å². The van der Waals surface area contributed by atoms with Gasteiger partial charge in [-0.1, -0.05) is 19.1 Å². The third-order valence-electron chi connectivity index (χ3n) is 3.15. The van der Waals surface area contributed by atoms with E-state index in [4.69, 9.17) is 4.42 Å². The van der Waals surface area contributed by atoms with Gasteiger partial charge in [0.15, 0.2) is 0 Å². The summed E-state index contributed by atoms with van der Waals surface area (Å²) in [6.07, 6.45) is 6.55. The number of nitrogens with zero attached hydrogens (tertiary/aromatic N) is 3. The van der Waals surface area contributed by atoms with Crippen molar-refractivity contribution in [3.05, 3.63) is 36.0 Å². The molecule has 0 bridgehead atoms. The molecular weight excluding hydrogens is 240 g/mol. The van der Waals surface area contributed by atoms with Gasteiger partial charge in [0.1, 0.15) is 5.76 Å². The van der Waals surface area contributed by atoms with Crippen molar-refractivity contribution in [1.82, 2.24) is 20.3 Å². The first-order valence-corrected chi connectivity index (χ1v) is 6.99. The van der Waals surface area contributed by atoms with E-state index in [9.17, 15) is 0 Å². The van der Waals surface area contributed by atoms with Crippen LogP contribution in [0.1, 0.15) is 44.2 Å². The van der Waals surface area contributed by atoms with Crippen molar-refractivity contribution in [3.63, 3.8) is 0 Å². The highest BCUT2D eigenvalue weighted by molar-refractivity contribution is 5.05. The zero-order chi connectivity index (χ0) is 13.5. The Hall–Kier alpha value is -1.62. The molecule has 2 rings (SSSR count). The van der Waals surface area contributed by atoms with E-state index in [1.165, 1.54) is 0 Å². The number of rotatable bonds is 8. The number of aryl methyl sites for hydroxylation is 2. The van der Waals surface area contributed by atoms with Crippen molar-refractivity contribution in [2.24, 2.45) is 0 Å². The Kier molecular flexibility index (Phi) is 5.15. The summed E-state index contributed by atoms with van der Waals surface area (Å²) in [5.41, 5.74) is 1.16. The molecule has 1 atom stereocenters. The van der Waals surface area contributed by atoms with Crippen LogP contribution in [0.4, 0.5) is 0 Å². The lowest BCUT2D eigenvalue weighted by Crippen LogP contribution is -2.24. The quantitative estimate of drug-likeness (QED) is 0.794. The predicted octanol–water partition coefficient (Wildman–Crippen LogP) is 2.56. The maximum atomic E-state index is 5.39. The van der Waals surface area contributed by atoms with Crippen molar-refractivity contribution in [2.45, 2.75) is 45.7 Å². The smallest absolute Gasteiger partial charge is 0.103 e. The fourth-order valence-electron chi connectivity index (χ4n) is 2.26. The van der Waals surface area contributed by atoms with Gasteiger partial charge >= 0.3 is 0 Å². The highest BCUT2D eigenvalue weighted by atomic mass is 16.3. The lowest BCUT2D eigenvalue weighted by atomic mass is 10.1. The highest BCUT2D eigenvalue weighted by Gasteiger charge is 2.16. The van der Waals surface area contributed by atoms with Crippen LogP contribution in [-0.2, 0) is 13.0 Å². The number of nitrogens with one attached hydrogen (secondary N) is 1. The molecule has 0 fully saturated rings. The van der Waals surface area contributed by atoms with Gasteiger partial charge in [0.05, 0.1) is 24.2 Å². The first-order valence-electron chi connectivity index (χ1n) is 6.99. The maximum Gasteiger partial charge on any atom is 0.103 e. The summed E-state index contributed by atoms with van der Waals surface area (Å²) in [5, 5.41) is 11.7. The van der Waals surface area contributed by atoms with E-state index in [1.54, 1.807) is 6.26 Å². The Balaban J connectivity index is 2.03. The van der Waals surface area contributed by atoms with Crippen LogP contribution in [0.2, 0.25) is 0 Å². The summed E-state index contributed by atoms with van der Waals surface area (Å²) < 4.78 is 7.39. The van der Waals surface area contributed by atoms with Crippen LogP contribution in [0, 0.1) is 0 Å². The minimum absolute atomic E-state index is 0.275. The largest absolute Gasteiger partial charge is 0.469 e. The molecule has 0 amide bonds. The molecule has 5 heteroatoms. The lowest BCUT2D eigenvalue weighted by molar-refractivity contribution is 0.430. The summed E-state index contributed by atoms with van der Waals surface area (Å²) >= 11 is 0. The van der Waals surface area contributed by atoms with Crippen molar-refractivity contribution in [1.29, 1.82) is 0 Å². The predicted molar refractivity (Wildman–Crippen MR) is 73.8 cm³/mol. The van der Waals surface area contributed by atoms with Crippen molar-refractivity contribution < 1.29 is 4.42 Å². The molecule has 0 aliphatic rings. The Morgan fingerprint density at radius 1 is 1.42 bits per heavy atom. The topological polar surface area (TPSA) is 55.9 Å².